The standard InChI is InChI=1S/C13H21NO6/c1-8(15)9(2)20-11(17)7-19-10(16)6-14-12(18)13(3,4)5/h9H,6-7H2,1-5H3,(H,14,18). The van der Waals surface area contributed by atoms with Crippen molar-refractivity contribution in [3.05, 3.63) is 0 Å². The van der Waals surface area contributed by atoms with Crippen LogP contribution >= 0.6 is 0 Å². The molecule has 0 aliphatic carbocycles. The third-order valence-corrected chi connectivity index (χ3v) is 2.31. The highest BCUT2D eigenvalue weighted by Gasteiger charge is 2.22. The summed E-state index contributed by atoms with van der Waals surface area (Å²) in [6.07, 6.45) is -0.873. The number of carbonyl (C=O) groups excluding carboxylic acids is 4. The van der Waals surface area contributed by atoms with Gasteiger partial charge in [0.2, 0.25) is 5.91 Å². The summed E-state index contributed by atoms with van der Waals surface area (Å²) in [6.45, 7) is 6.89. The van der Waals surface area contributed by atoms with Crippen LogP contribution in [0.5, 0.6) is 0 Å². The van der Waals surface area contributed by atoms with E-state index in [1.807, 2.05) is 0 Å². The van der Waals surface area contributed by atoms with E-state index in [0.717, 1.165) is 0 Å². The van der Waals surface area contributed by atoms with Gasteiger partial charge in [-0.05, 0) is 13.8 Å². The Morgan fingerprint density at radius 1 is 1.10 bits per heavy atom. The first-order chi connectivity index (χ1) is 9.04. The number of esters is 2. The van der Waals surface area contributed by atoms with E-state index < -0.39 is 30.1 Å². The van der Waals surface area contributed by atoms with E-state index in [4.69, 9.17) is 0 Å². The van der Waals surface area contributed by atoms with Gasteiger partial charge in [0.15, 0.2) is 18.5 Å². The summed E-state index contributed by atoms with van der Waals surface area (Å²) in [7, 11) is 0. The minimum absolute atomic E-state index is 0.303. The quantitative estimate of drug-likeness (QED) is 0.701. The molecule has 0 heterocycles. The minimum Gasteiger partial charge on any atom is -0.452 e. The van der Waals surface area contributed by atoms with Gasteiger partial charge in [-0.1, -0.05) is 20.8 Å². The molecule has 0 aromatic heterocycles. The Morgan fingerprint density at radius 3 is 2.10 bits per heavy atom. The van der Waals surface area contributed by atoms with E-state index in [1.54, 1.807) is 20.8 Å². The second-order valence-electron chi connectivity index (χ2n) is 5.34. The van der Waals surface area contributed by atoms with Gasteiger partial charge in [-0.25, -0.2) is 4.79 Å². The third-order valence-electron chi connectivity index (χ3n) is 2.31. The Morgan fingerprint density at radius 2 is 1.65 bits per heavy atom. The monoisotopic (exact) mass is 287 g/mol. The summed E-state index contributed by atoms with van der Waals surface area (Å²) in [5.74, 6) is -2.18. The highest BCUT2D eigenvalue weighted by atomic mass is 16.6. The van der Waals surface area contributed by atoms with Crippen molar-refractivity contribution in [3.8, 4) is 0 Å². The van der Waals surface area contributed by atoms with Crippen molar-refractivity contribution in [2.24, 2.45) is 5.41 Å². The first-order valence-electron chi connectivity index (χ1n) is 6.18. The molecule has 7 nitrogen and oxygen atoms in total. The fraction of sp³-hybridized carbons (Fsp3) is 0.692. The molecule has 0 aliphatic heterocycles. The molecule has 0 saturated heterocycles. The molecule has 1 N–H and O–H groups in total. The predicted molar refractivity (Wildman–Crippen MR) is 69.7 cm³/mol. The van der Waals surface area contributed by atoms with Crippen molar-refractivity contribution in [2.75, 3.05) is 13.2 Å². The summed E-state index contributed by atoms with van der Waals surface area (Å²) in [5, 5.41) is 2.39. The van der Waals surface area contributed by atoms with E-state index in [9.17, 15) is 19.2 Å². The number of nitrogens with one attached hydrogen (secondary N) is 1. The van der Waals surface area contributed by atoms with E-state index in [-0.39, 0.29) is 18.2 Å². The molecule has 7 heteroatoms. The summed E-state index contributed by atoms with van der Waals surface area (Å²) < 4.78 is 9.30. The zero-order valence-electron chi connectivity index (χ0n) is 12.4. The highest BCUT2D eigenvalue weighted by Crippen LogP contribution is 2.11. The number of hydrogen-bond donors (Lipinski definition) is 1. The number of ketones is 1. The second kappa shape index (κ2) is 7.62. The van der Waals surface area contributed by atoms with Crippen molar-refractivity contribution in [1.29, 1.82) is 0 Å². The Hall–Kier alpha value is -1.92. The topological polar surface area (TPSA) is 98.8 Å². The van der Waals surface area contributed by atoms with E-state index in [1.165, 1.54) is 13.8 Å². The zero-order valence-corrected chi connectivity index (χ0v) is 12.4. The van der Waals surface area contributed by atoms with E-state index in [2.05, 4.69) is 14.8 Å². The molecular weight excluding hydrogens is 266 g/mol. The van der Waals surface area contributed by atoms with Crippen LogP contribution < -0.4 is 5.32 Å². The minimum atomic E-state index is -0.873. The van der Waals surface area contributed by atoms with Crippen molar-refractivity contribution in [3.63, 3.8) is 0 Å². The fourth-order valence-electron chi connectivity index (χ4n) is 0.922. The molecule has 0 saturated carbocycles. The lowest BCUT2D eigenvalue weighted by Crippen LogP contribution is -2.38. The van der Waals surface area contributed by atoms with Crippen LogP contribution in [0.2, 0.25) is 0 Å². The van der Waals surface area contributed by atoms with Crippen LogP contribution in [0, 0.1) is 5.41 Å². The Bertz CT molecular complexity index is 396. The molecule has 0 aliphatic rings. The van der Waals surface area contributed by atoms with Gasteiger partial charge in [0.25, 0.3) is 0 Å². The van der Waals surface area contributed by atoms with Gasteiger partial charge in [0.1, 0.15) is 6.54 Å². The van der Waals surface area contributed by atoms with Crippen LogP contribution in [0.25, 0.3) is 0 Å². The first kappa shape index (κ1) is 18.1. The van der Waals surface area contributed by atoms with Gasteiger partial charge in [0.05, 0.1) is 0 Å². The van der Waals surface area contributed by atoms with Crippen LogP contribution in [0.3, 0.4) is 0 Å². The number of rotatable bonds is 6. The molecule has 20 heavy (non-hydrogen) atoms. The normalized spacial score (nSPS) is 12.2. The second-order valence-corrected chi connectivity index (χ2v) is 5.34. The number of ether oxygens (including phenoxy) is 2. The maximum absolute atomic E-state index is 11.5. The predicted octanol–water partition coefficient (Wildman–Crippen LogP) is 0.213. The van der Waals surface area contributed by atoms with E-state index in [0.29, 0.717) is 0 Å². The molecular formula is C13H21NO6. The molecule has 1 atom stereocenters. The van der Waals surface area contributed by atoms with Gasteiger partial charge in [-0.15, -0.1) is 0 Å². The molecule has 0 aromatic rings. The summed E-state index contributed by atoms with van der Waals surface area (Å²) >= 11 is 0. The van der Waals surface area contributed by atoms with Crippen LogP contribution in [0.1, 0.15) is 34.6 Å². The molecule has 1 unspecified atom stereocenters. The first-order valence-corrected chi connectivity index (χ1v) is 6.18. The zero-order chi connectivity index (χ0) is 15.9. The maximum Gasteiger partial charge on any atom is 0.344 e. The number of hydrogen-bond acceptors (Lipinski definition) is 6. The highest BCUT2D eigenvalue weighted by molar-refractivity contribution is 5.86. The summed E-state index contributed by atoms with van der Waals surface area (Å²) in [6, 6.07) is 0. The summed E-state index contributed by atoms with van der Waals surface area (Å²) in [4.78, 5) is 44.8. The molecule has 0 rings (SSSR count). The smallest absolute Gasteiger partial charge is 0.344 e. The van der Waals surface area contributed by atoms with Crippen molar-refractivity contribution < 1.29 is 28.7 Å². The van der Waals surface area contributed by atoms with Gasteiger partial charge in [-0.3, -0.25) is 14.4 Å². The van der Waals surface area contributed by atoms with Gasteiger partial charge in [-0.2, -0.15) is 0 Å². The van der Waals surface area contributed by atoms with Crippen molar-refractivity contribution >= 4 is 23.6 Å². The van der Waals surface area contributed by atoms with Gasteiger partial charge in [0, 0.05) is 5.41 Å². The molecule has 0 bridgehead atoms. The number of amides is 1. The molecule has 114 valence electrons. The van der Waals surface area contributed by atoms with Gasteiger partial charge < -0.3 is 14.8 Å². The molecule has 0 fully saturated rings. The number of Topliss-reactive ketones (excluding diaryl/α,β-unsaturated/α-hetero) is 1. The Kier molecular flexibility index (Phi) is 6.89. The van der Waals surface area contributed by atoms with Gasteiger partial charge >= 0.3 is 11.9 Å². The molecule has 0 radical (unpaired) electrons. The lowest BCUT2D eigenvalue weighted by Gasteiger charge is -2.17. The largest absolute Gasteiger partial charge is 0.452 e. The number of carbonyl (C=O) groups is 4. The van der Waals surface area contributed by atoms with E-state index >= 15 is 0 Å². The fourth-order valence-corrected chi connectivity index (χ4v) is 0.922. The van der Waals surface area contributed by atoms with Crippen LogP contribution in [-0.4, -0.2) is 42.9 Å². The lowest BCUT2D eigenvalue weighted by molar-refractivity contribution is -0.163. The average molecular weight is 287 g/mol. The van der Waals surface area contributed by atoms with Crippen LogP contribution in [0.4, 0.5) is 0 Å². The van der Waals surface area contributed by atoms with Crippen LogP contribution in [-0.2, 0) is 28.7 Å². The van der Waals surface area contributed by atoms with Crippen LogP contribution in [0.15, 0.2) is 0 Å². The van der Waals surface area contributed by atoms with Crippen molar-refractivity contribution in [1.82, 2.24) is 5.32 Å². The molecule has 0 aromatic carbocycles. The Labute approximate surface area is 118 Å². The maximum atomic E-state index is 11.5. The van der Waals surface area contributed by atoms with Crippen molar-refractivity contribution in [2.45, 2.75) is 40.7 Å². The average Bonchev–Trinajstić information content (AvgIpc) is 2.31. The SMILES string of the molecule is CC(=O)C(C)OC(=O)COC(=O)CNC(=O)C(C)(C)C. The molecule has 1 amide bonds. The molecule has 0 spiro atoms. The summed E-state index contributed by atoms with van der Waals surface area (Å²) in [5.41, 5.74) is -0.615. The Balaban J connectivity index is 3.98. The third kappa shape index (κ3) is 7.50. The lowest BCUT2D eigenvalue weighted by atomic mass is 9.96.